The molecule has 0 aliphatic carbocycles. The molecule has 6 nitrogen and oxygen atoms in total. The number of para-hydroxylation sites is 2. The van der Waals surface area contributed by atoms with Crippen molar-refractivity contribution in [3.63, 3.8) is 0 Å². The third-order valence-corrected chi connectivity index (χ3v) is 5.99. The molecule has 34 heavy (non-hydrogen) atoms. The van der Waals surface area contributed by atoms with Crippen LogP contribution in [0.4, 0.5) is 11.4 Å². The first-order chi connectivity index (χ1) is 16.7. The van der Waals surface area contributed by atoms with Crippen LogP contribution in [0.5, 0.6) is 11.5 Å². The van der Waals surface area contributed by atoms with Crippen LogP contribution in [-0.2, 0) is 10.2 Å². The highest BCUT2D eigenvalue weighted by Crippen LogP contribution is 2.52. The Morgan fingerprint density at radius 3 is 1.68 bits per heavy atom. The van der Waals surface area contributed by atoms with Crippen LogP contribution < -0.4 is 14.4 Å². The zero-order valence-electron chi connectivity index (χ0n) is 17.9. The molecule has 5 rings (SSSR count). The zero-order valence-corrected chi connectivity index (χ0v) is 17.9. The van der Waals surface area contributed by atoms with E-state index in [9.17, 15) is 4.79 Å². The van der Waals surface area contributed by atoms with E-state index in [1.54, 1.807) is 65.9 Å². The fourth-order valence-electron chi connectivity index (χ4n) is 4.59. The van der Waals surface area contributed by atoms with Gasteiger partial charge in [-0.05, 0) is 53.6 Å². The fraction of sp³-hybridized carbons (Fsp3) is 0.0357. The zero-order chi connectivity index (χ0) is 23.5. The third-order valence-electron chi connectivity index (χ3n) is 5.99. The van der Waals surface area contributed by atoms with E-state index < -0.39 is 5.41 Å². The van der Waals surface area contributed by atoms with Crippen LogP contribution in [0.3, 0.4) is 0 Å². The molecule has 0 N–H and O–H groups in total. The van der Waals surface area contributed by atoms with Crippen LogP contribution in [-0.4, -0.2) is 5.91 Å². The molecular formula is C28H17N3O3. The van der Waals surface area contributed by atoms with Crippen LogP contribution in [0, 0.1) is 23.0 Å². The molecular weight excluding hydrogens is 426 g/mol. The van der Waals surface area contributed by atoms with E-state index in [2.05, 4.69) is 0 Å². The Bertz CT molecular complexity index is 1370. The Balaban J connectivity index is 1.78. The van der Waals surface area contributed by atoms with Crippen LogP contribution in [0.2, 0.25) is 0 Å². The normalized spacial score (nSPS) is 13.5. The average molecular weight is 443 g/mol. The van der Waals surface area contributed by atoms with E-state index in [4.69, 9.17) is 20.0 Å². The molecule has 6 heteroatoms. The second-order valence-electron chi connectivity index (χ2n) is 7.68. The molecule has 4 aromatic rings. The van der Waals surface area contributed by atoms with Gasteiger partial charge in [0.2, 0.25) is 0 Å². The number of amides is 1. The van der Waals surface area contributed by atoms with Crippen molar-refractivity contribution < 1.29 is 14.3 Å². The smallest absolute Gasteiger partial charge is 0.292 e. The lowest BCUT2D eigenvalue weighted by molar-refractivity contribution is -0.120. The van der Waals surface area contributed by atoms with E-state index in [0.717, 1.165) is 28.1 Å². The van der Waals surface area contributed by atoms with Crippen molar-refractivity contribution in [2.24, 2.45) is 0 Å². The predicted molar refractivity (Wildman–Crippen MR) is 125 cm³/mol. The summed E-state index contributed by atoms with van der Waals surface area (Å²) in [6.45, 7) is 0. The Morgan fingerprint density at radius 2 is 1.15 bits per heavy atom. The van der Waals surface area contributed by atoms with Gasteiger partial charge in [0.1, 0.15) is 16.9 Å². The Morgan fingerprint density at radius 1 is 0.647 bits per heavy atom. The predicted octanol–water partition coefficient (Wildman–Crippen LogP) is 5.42. The summed E-state index contributed by atoms with van der Waals surface area (Å²) in [5, 5.41) is 17.7. The molecule has 0 fully saturated rings. The summed E-state index contributed by atoms with van der Waals surface area (Å²) in [6.07, 6.45) is 3.34. The van der Waals surface area contributed by atoms with Crippen LogP contribution in [0.15, 0.2) is 103 Å². The summed E-state index contributed by atoms with van der Waals surface area (Å²) in [7, 11) is 0. The van der Waals surface area contributed by atoms with Gasteiger partial charge >= 0.3 is 0 Å². The lowest BCUT2D eigenvalue weighted by Gasteiger charge is -2.30. The van der Waals surface area contributed by atoms with Crippen LogP contribution in [0.25, 0.3) is 0 Å². The molecule has 1 amide bonds. The number of rotatable bonds is 5. The molecule has 1 aliphatic heterocycles. The van der Waals surface area contributed by atoms with Crippen molar-refractivity contribution in [2.45, 2.75) is 5.41 Å². The summed E-state index contributed by atoms with van der Waals surface area (Å²) in [6, 6.07) is 31.1. The first-order valence-electron chi connectivity index (χ1n) is 10.5. The maximum Gasteiger partial charge on any atom is 0.292 e. The molecule has 0 bridgehead atoms. The molecule has 1 aliphatic rings. The number of hydrogen-bond acceptors (Lipinski definition) is 5. The van der Waals surface area contributed by atoms with Crippen LogP contribution >= 0.6 is 0 Å². The third kappa shape index (κ3) is 3.14. The number of fused-ring (bicyclic) bond motifs is 1. The highest BCUT2D eigenvalue weighted by atomic mass is 16.5. The molecule has 0 radical (unpaired) electrons. The van der Waals surface area contributed by atoms with Gasteiger partial charge in [-0.1, -0.05) is 60.7 Å². The lowest BCUT2D eigenvalue weighted by Crippen LogP contribution is -2.40. The highest BCUT2D eigenvalue weighted by Gasteiger charge is 2.53. The lowest BCUT2D eigenvalue weighted by atomic mass is 9.70. The first-order valence-corrected chi connectivity index (χ1v) is 10.5. The quantitative estimate of drug-likeness (QED) is 0.385. The van der Waals surface area contributed by atoms with Gasteiger partial charge in [0.05, 0.1) is 5.69 Å². The van der Waals surface area contributed by atoms with Crippen molar-refractivity contribution >= 4 is 17.3 Å². The summed E-state index contributed by atoms with van der Waals surface area (Å²) in [5.74, 6) is 0.637. The molecule has 4 aromatic carbocycles. The monoisotopic (exact) mass is 443 g/mol. The van der Waals surface area contributed by atoms with Crippen molar-refractivity contribution in [1.29, 1.82) is 10.5 Å². The van der Waals surface area contributed by atoms with E-state index >= 15 is 0 Å². The SMILES string of the molecule is N#COc1ccc(C2(c3ccc(OC#N)cc3)C(=O)N(c3ccccc3)c3ccccc32)cc1. The number of benzene rings is 4. The number of nitriles is 2. The topological polar surface area (TPSA) is 86.3 Å². The number of hydrogen-bond donors (Lipinski definition) is 0. The van der Waals surface area contributed by atoms with E-state index in [-0.39, 0.29) is 5.91 Å². The number of carbonyl (C=O) groups excluding carboxylic acids is 1. The molecule has 0 unspecified atom stereocenters. The number of ether oxygens (including phenoxy) is 2. The van der Waals surface area contributed by atoms with Crippen molar-refractivity contribution in [3.05, 3.63) is 120 Å². The van der Waals surface area contributed by atoms with Gasteiger partial charge in [-0.2, -0.15) is 0 Å². The number of carbonyl (C=O) groups is 1. The highest BCUT2D eigenvalue weighted by molar-refractivity contribution is 6.17. The maximum atomic E-state index is 14.5. The van der Waals surface area contributed by atoms with Gasteiger partial charge in [0, 0.05) is 11.3 Å². The maximum absolute atomic E-state index is 14.5. The summed E-state index contributed by atoms with van der Waals surface area (Å²) < 4.78 is 9.91. The van der Waals surface area contributed by atoms with Gasteiger partial charge in [-0.3, -0.25) is 9.69 Å². The van der Waals surface area contributed by atoms with Gasteiger partial charge in [-0.25, -0.2) is 0 Å². The second-order valence-corrected chi connectivity index (χ2v) is 7.68. The largest absolute Gasteiger partial charge is 0.388 e. The molecule has 0 spiro atoms. The number of nitrogens with zero attached hydrogens (tertiary/aromatic N) is 3. The minimum Gasteiger partial charge on any atom is -0.388 e. The molecule has 0 saturated heterocycles. The van der Waals surface area contributed by atoms with Gasteiger partial charge in [-0.15, -0.1) is 10.5 Å². The molecule has 1 heterocycles. The molecule has 0 atom stereocenters. The minimum atomic E-state index is -1.16. The van der Waals surface area contributed by atoms with Crippen molar-refractivity contribution in [3.8, 4) is 24.0 Å². The van der Waals surface area contributed by atoms with Gasteiger partial charge in [0.25, 0.3) is 18.4 Å². The van der Waals surface area contributed by atoms with Crippen molar-refractivity contribution in [2.75, 3.05) is 4.90 Å². The number of anilines is 2. The minimum absolute atomic E-state index is 0.136. The Hall–Kier alpha value is -5.07. The van der Waals surface area contributed by atoms with E-state index in [1.165, 1.54) is 0 Å². The van der Waals surface area contributed by atoms with Gasteiger partial charge in [0.15, 0.2) is 0 Å². The molecule has 0 aromatic heterocycles. The fourth-order valence-corrected chi connectivity index (χ4v) is 4.59. The Kier molecular flexibility index (Phi) is 5.18. The summed E-state index contributed by atoms with van der Waals surface area (Å²) in [5.41, 5.74) is 2.66. The second kappa shape index (κ2) is 8.46. The molecule has 0 saturated carbocycles. The van der Waals surface area contributed by atoms with Gasteiger partial charge < -0.3 is 9.47 Å². The molecule has 162 valence electrons. The average Bonchev–Trinajstić information content (AvgIpc) is 3.15. The summed E-state index contributed by atoms with van der Waals surface area (Å²) in [4.78, 5) is 16.2. The first kappa shape index (κ1) is 20.8. The standard InChI is InChI=1S/C28H17N3O3/c29-18-33-23-14-10-20(11-15-23)28(21-12-16-24(17-13-21)34-19-30)25-8-4-5-9-26(25)31(27(28)32)22-6-2-1-3-7-22/h1-17H. The van der Waals surface area contributed by atoms with Crippen molar-refractivity contribution in [1.82, 2.24) is 0 Å². The van der Waals surface area contributed by atoms with E-state index in [1.807, 2.05) is 54.6 Å². The van der Waals surface area contributed by atoms with E-state index in [0.29, 0.717) is 11.5 Å². The van der Waals surface area contributed by atoms with Crippen LogP contribution in [0.1, 0.15) is 16.7 Å². The summed E-state index contributed by atoms with van der Waals surface area (Å²) >= 11 is 0. The Labute approximate surface area is 196 Å².